The van der Waals surface area contributed by atoms with Crippen LogP contribution >= 0.6 is 0 Å². The Labute approximate surface area is 194 Å². The van der Waals surface area contributed by atoms with Crippen LogP contribution in [-0.4, -0.2) is 67.6 Å². The third kappa shape index (κ3) is 5.90. The van der Waals surface area contributed by atoms with Gasteiger partial charge in [0.05, 0.1) is 12.5 Å². The molecule has 0 aliphatic carbocycles. The number of amides is 1. The second kappa shape index (κ2) is 10.8. The normalized spacial score (nSPS) is 17.8. The molecular weight excluding hydrogens is 421 g/mol. The number of carbonyl (C=O) groups is 2. The number of piperidine rings is 1. The summed E-state index contributed by atoms with van der Waals surface area (Å²) in [5, 5.41) is 0. The van der Waals surface area contributed by atoms with Crippen molar-refractivity contribution < 1.29 is 18.7 Å². The van der Waals surface area contributed by atoms with Crippen molar-refractivity contribution in [1.29, 1.82) is 0 Å². The second-order valence-electron chi connectivity index (χ2n) is 8.76. The van der Waals surface area contributed by atoms with Gasteiger partial charge in [0.15, 0.2) is 0 Å². The minimum atomic E-state index is -0.213. The molecule has 0 radical (unpaired) electrons. The summed E-state index contributed by atoms with van der Waals surface area (Å²) in [5.74, 6) is -0.435. The van der Waals surface area contributed by atoms with Crippen LogP contribution in [-0.2, 0) is 16.1 Å². The maximum absolute atomic E-state index is 13.2. The van der Waals surface area contributed by atoms with E-state index in [2.05, 4.69) is 15.9 Å². The summed E-state index contributed by atoms with van der Waals surface area (Å²) in [6, 6.07) is 14.5. The summed E-state index contributed by atoms with van der Waals surface area (Å²) < 4.78 is 18.3. The molecule has 2 saturated heterocycles. The van der Waals surface area contributed by atoms with E-state index in [0.717, 1.165) is 44.0 Å². The van der Waals surface area contributed by atoms with Gasteiger partial charge in [-0.2, -0.15) is 0 Å². The van der Waals surface area contributed by atoms with Gasteiger partial charge < -0.3 is 14.5 Å². The van der Waals surface area contributed by atoms with Crippen molar-refractivity contribution in [3.05, 3.63) is 65.5 Å². The molecule has 0 N–H and O–H groups in total. The lowest BCUT2D eigenvalue weighted by Gasteiger charge is -2.36. The molecule has 0 saturated carbocycles. The smallest absolute Gasteiger partial charge is 0.309 e. The fourth-order valence-corrected chi connectivity index (χ4v) is 4.64. The molecular formula is C26H32FN3O3. The number of carbonyl (C=O) groups excluding carboxylic acids is 2. The zero-order valence-corrected chi connectivity index (χ0v) is 19.2. The standard InChI is InChI=1S/C26H32FN3O3/c1-2-33-26(32)21-10-12-30(13-11-21)25(31)22-5-3-4-20(18-22)19-28-14-16-29(17-15-28)24-8-6-23(27)7-9-24/h3-9,18,21H,2,10-17,19H2,1H3. The van der Waals surface area contributed by atoms with E-state index in [4.69, 9.17) is 4.74 Å². The highest BCUT2D eigenvalue weighted by molar-refractivity contribution is 5.94. The Balaban J connectivity index is 1.29. The molecule has 2 aromatic rings. The molecule has 0 aromatic heterocycles. The molecule has 0 spiro atoms. The maximum atomic E-state index is 13.2. The van der Waals surface area contributed by atoms with Crippen molar-refractivity contribution in [2.75, 3.05) is 50.8 Å². The number of anilines is 1. The topological polar surface area (TPSA) is 53.1 Å². The van der Waals surface area contributed by atoms with Gasteiger partial charge in [0, 0.05) is 57.1 Å². The van der Waals surface area contributed by atoms with Gasteiger partial charge in [-0.3, -0.25) is 14.5 Å². The molecule has 1 amide bonds. The largest absolute Gasteiger partial charge is 0.466 e. The first-order chi connectivity index (χ1) is 16.0. The fraction of sp³-hybridized carbons (Fsp3) is 0.462. The second-order valence-corrected chi connectivity index (χ2v) is 8.76. The molecule has 2 aliphatic heterocycles. The van der Waals surface area contributed by atoms with Gasteiger partial charge in [-0.25, -0.2) is 4.39 Å². The van der Waals surface area contributed by atoms with Crippen LogP contribution < -0.4 is 4.90 Å². The Morgan fingerprint density at radius 2 is 1.67 bits per heavy atom. The molecule has 0 atom stereocenters. The van der Waals surface area contributed by atoms with Gasteiger partial charge in [-0.1, -0.05) is 12.1 Å². The zero-order chi connectivity index (χ0) is 23.2. The lowest BCUT2D eigenvalue weighted by Crippen LogP contribution is -2.46. The Morgan fingerprint density at radius 1 is 0.970 bits per heavy atom. The quantitative estimate of drug-likeness (QED) is 0.626. The maximum Gasteiger partial charge on any atom is 0.309 e. The molecule has 0 unspecified atom stereocenters. The van der Waals surface area contributed by atoms with Crippen molar-refractivity contribution in [2.24, 2.45) is 5.92 Å². The van der Waals surface area contributed by atoms with Crippen molar-refractivity contribution in [3.63, 3.8) is 0 Å². The van der Waals surface area contributed by atoms with E-state index < -0.39 is 0 Å². The van der Waals surface area contributed by atoms with Gasteiger partial charge in [-0.15, -0.1) is 0 Å². The number of halogens is 1. The van der Waals surface area contributed by atoms with Crippen LogP contribution in [0.1, 0.15) is 35.7 Å². The molecule has 7 heteroatoms. The van der Waals surface area contributed by atoms with Crippen LogP contribution in [0, 0.1) is 11.7 Å². The molecule has 2 fully saturated rings. The van der Waals surface area contributed by atoms with E-state index in [9.17, 15) is 14.0 Å². The van der Waals surface area contributed by atoms with Crippen LogP contribution in [0.2, 0.25) is 0 Å². The van der Waals surface area contributed by atoms with Gasteiger partial charge >= 0.3 is 5.97 Å². The van der Waals surface area contributed by atoms with E-state index in [1.54, 1.807) is 0 Å². The fourth-order valence-electron chi connectivity index (χ4n) is 4.64. The Hall–Kier alpha value is -2.93. The molecule has 6 nitrogen and oxygen atoms in total. The first-order valence-electron chi connectivity index (χ1n) is 11.8. The number of hydrogen-bond donors (Lipinski definition) is 0. The van der Waals surface area contributed by atoms with Gasteiger partial charge in [0.1, 0.15) is 5.82 Å². The number of esters is 1. The average Bonchev–Trinajstić information content (AvgIpc) is 2.85. The highest BCUT2D eigenvalue weighted by atomic mass is 19.1. The predicted molar refractivity (Wildman–Crippen MR) is 126 cm³/mol. The van der Waals surface area contributed by atoms with E-state index in [1.807, 2.05) is 42.2 Å². The molecule has 2 aliphatic rings. The van der Waals surface area contributed by atoms with Crippen LogP contribution in [0.15, 0.2) is 48.5 Å². The summed E-state index contributed by atoms with van der Waals surface area (Å²) in [7, 11) is 0. The van der Waals surface area contributed by atoms with E-state index in [-0.39, 0.29) is 23.6 Å². The predicted octanol–water partition coefficient (Wildman–Crippen LogP) is 3.56. The molecule has 2 aromatic carbocycles. The molecule has 0 bridgehead atoms. The highest BCUT2D eigenvalue weighted by Gasteiger charge is 2.28. The van der Waals surface area contributed by atoms with Crippen molar-refractivity contribution in [3.8, 4) is 0 Å². The van der Waals surface area contributed by atoms with Gasteiger partial charge in [0.2, 0.25) is 0 Å². The lowest BCUT2D eigenvalue weighted by molar-refractivity contribution is -0.149. The highest BCUT2D eigenvalue weighted by Crippen LogP contribution is 2.22. The average molecular weight is 454 g/mol. The minimum Gasteiger partial charge on any atom is -0.466 e. The number of rotatable bonds is 6. The number of likely N-dealkylation sites (tertiary alicyclic amines) is 1. The third-order valence-corrected chi connectivity index (χ3v) is 6.55. The summed E-state index contributed by atoms with van der Waals surface area (Å²) >= 11 is 0. The SMILES string of the molecule is CCOC(=O)C1CCN(C(=O)c2cccc(CN3CCN(c4ccc(F)cc4)CC3)c2)CC1. The van der Waals surface area contributed by atoms with Gasteiger partial charge in [-0.05, 0) is 61.7 Å². The molecule has 176 valence electrons. The van der Waals surface area contributed by atoms with Gasteiger partial charge in [0.25, 0.3) is 5.91 Å². The first kappa shape index (κ1) is 23.2. The Morgan fingerprint density at radius 3 is 2.33 bits per heavy atom. The van der Waals surface area contributed by atoms with E-state index >= 15 is 0 Å². The van der Waals surface area contributed by atoms with E-state index in [0.29, 0.717) is 38.1 Å². The molecule has 2 heterocycles. The van der Waals surface area contributed by atoms with Crippen LogP contribution in [0.4, 0.5) is 10.1 Å². The number of piperazine rings is 1. The molecule has 4 rings (SSSR count). The monoisotopic (exact) mass is 453 g/mol. The zero-order valence-electron chi connectivity index (χ0n) is 19.2. The number of ether oxygens (including phenoxy) is 1. The number of benzene rings is 2. The van der Waals surface area contributed by atoms with Crippen LogP contribution in [0.25, 0.3) is 0 Å². The van der Waals surface area contributed by atoms with Crippen molar-refractivity contribution >= 4 is 17.6 Å². The first-order valence-corrected chi connectivity index (χ1v) is 11.8. The van der Waals surface area contributed by atoms with E-state index in [1.165, 1.54) is 12.1 Å². The van der Waals surface area contributed by atoms with Crippen LogP contribution in [0.5, 0.6) is 0 Å². The van der Waals surface area contributed by atoms with Crippen LogP contribution in [0.3, 0.4) is 0 Å². The van der Waals surface area contributed by atoms with Crippen molar-refractivity contribution in [1.82, 2.24) is 9.80 Å². The Kier molecular flexibility index (Phi) is 7.60. The number of hydrogen-bond acceptors (Lipinski definition) is 5. The third-order valence-electron chi connectivity index (χ3n) is 6.55. The van der Waals surface area contributed by atoms with Crippen molar-refractivity contribution in [2.45, 2.75) is 26.3 Å². The molecule has 33 heavy (non-hydrogen) atoms. The summed E-state index contributed by atoms with van der Waals surface area (Å²) in [6.07, 6.45) is 1.31. The summed E-state index contributed by atoms with van der Waals surface area (Å²) in [4.78, 5) is 31.5. The number of nitrogens with zero attached hydrogens (tertiary/aromatic N) is 3. The summed E-state index contributed by atoms with van der Waals surface area (Å²) in [5.41, 5.74) is 2.87. The minimum absolute atomic E-state index is 0.0280. The summed E-state index contributed by atoms with van der Waals surface area (Å²) in [6.45, 7) is 7.77. The lowest BCUT2D eigenvalue weighted by atomic mass is 9.96. The Bertz CT molecular complexity index is 950.